The van der Waals surface area contributed by atoms with E-state index in [4.69, 9.17) is 4.74 Å². The van der Waals surface area contributed by atoms with E-state index in [2.05, 4.69) is 17.6 Å². The summed E-state index contributed by atoms with van der Waals surface area (Å²) in [6, 6.07) is 7.19. The molecule has 6 atom stereocenters. The number of fused-ring (bicyclic) bond motifs is 3. The monoisotopic (exact) mass is 402 g/mol. The van der Waals surface area contributed by atoms with Crippen LogP contribution in [-0.4, -0.2) is 46.3 Å². The van der Waals surface area contributed by atoms with E-state index in [9.17, 15) is 14.7 Å². The van der Waals surface area contributed by atoms with Crippen LogP contribution in [0.1, 0.15) is 43.0 Å². The number of amides is 2. The molecule has 1 spiro atoms. The lowest BCUT2D eigenvalue weighted by atomic mass is 9.52. The average Bonchev–Trinajstić information content (AvgIpc) is 3.06. The molecule has 150 valence electrons. The molecule has 3 aliphatic carbocycles. The summed E-state index contributed by atoms with van der Waals surface area (Å²) in [5.74, 6) is 2.01. The molecule has 28 heavy (non-hydrogen) atoms. The maximum atomic E-state index is 13.1. The van der Waals surface area contributed by atoms with Crippen molar-refractivity contribution in [1.82, 2.24) is 10.6 Å². The smallest absolute Gasteiger partial charge is 0.258 e. The zero-order valence-corrected chi connectivity index (χ0v) is 16.8. The van der Waals surface area contributed by atoms with Crippen LogP contribution in [0.5, 0.6) is 5.75 Å². The molecule has 2 amide bonds. The molecular weight excluding hydrogens is 376 g/mol. The summed E-state index contributed by atoms with van der Waals surface area (Å²) in [7, 11) is 0. The Bertz CT molecular complexity index is 832. The van der Waals surface area contributed by atoms with Crippen LogP contribution in [0.3, 0.4) is 0 Å². The summed E-state index contributed by atoms with van der Waals surface area (Å²) in [5.41, 5.74) is -0.394. The molecule has 2 heterocycles. The molecule has 3 N–H and O–H groups in total. The van der Waals surface area contributed by atoms with Crippen molar-refractivity contribution in [2.75, 3.05) is 11.5 Å². The van der Waals surface area contributed by atoms with Gasteiger partial charge in [0.25, 0.3) is 5.91 Å². The number of para-hydroxylation sites is 1. The number of ether oxygens (including phenoxy) is 1. The van der Waals surface area contributed by atoms with E-state index < -0.39 is 11.8 Å². The quantitative estimate of drug-likeness (QED) is 0.704. The molecule has 1 aromatic carbocycles. The maximum Gasteiger partial charge on any atom is 0.258 e. The van der Waals surface area contributed by atoms with Crippen molar-refractivity contribution in [2.24, 2.45) is 17.3 Å². The van der Waals surface area contributed by atoms with E-state index >= 15 is 0 Å². The molecule has 5 aliphatic rings. The Balaban J connectivity index is 1.38. The molecule has 3 saturated carbocycles. The Morgan fingerprint density at radius 3 is 2.93 bits per heavy atom. The highest BCUT2D eigenvalue weighted by Crippen LogP contribution is 2.58. The number of aliphatic hydroxyl groups excluding tert-OH is 1. The minimum Gasteiger partial charge on any atom is -0.467 e. The molecule has 0 aromatic heterocycles. The van der Waals surface area contributed by atoms with Gasteiger partial charge in [-0.25, -0.2) is 0 Å². The first-order valence-corrected chi connectivity index (χ1v) is 11.2. The molecule has 6 nitrogen and oxygen atoms in total. The van der Waals surface area contributed by atoms with Gasteiger partial charge in [-0.15, -0.1) is 0 Å². The van der Waals surface area contributed by atoms with Gasteiger partial charge >= 0.3 is 0 Å². The number of aliphatic hydroxyl groups is 1. The van der Waals surface area contributed by atoms with Gasteiger partial charge in [-0.2, -0.15) is 11.8 Å². The summed E-state index contributed by atoms with van der Waals surface area (Å²) in [6.07, 6.45) is 2.74. The fraction of sp³-hybridized carbons (Fsp3) is 0.619. The highest BCUT2D eigenvalue weighted by molar-refractivity contribution is 7.99. The first-order chi connectivity index (χ1) is 13.4. The van der Waals surface area contributed by atoms with Gasteiger partial charge in [0.2, 0.25) is 5.91 Å². The third-order valence-electron chi connectivity index (χ3n) is 7.19. The Morgan fingerprint density at radius 1 is 1.36 bits per heavy atom. The Kier molecular flexibility index (Phi) is 4.18. The van der Waals surface area contributed by atoms with Crippen LogP contribution in [-0.2, 0) is 4.79 Å². The summed E-state index contributed by atoms with van der Waals surface area (Å²) in [4.78, 5) is 25.8. The fourth-order valence-corrected chi connectivity index (χ4v) is 6.79. The van der Waals surface area contributed by atoms with Gasteiger partial charge in [0.15, 0.2) is 5.72 Å². The molecule has 0 unspecified atom stereocenters. The number of carbonyl (C=O) groups excluding carboxylic acids is 2. The van der Waals surface area contributed by atoms with Crippen molar-refractivity contribution in [3.05, 3.63) is 29.8 Å². The van der Waals surface area contributed by atoms with E-state index in [0.29, 0.717) is 29.9 Å². The van der Waals surface area contributed by atoms with Crippen molar-refractivity contribution >= 4 is 23.6 Å². The lowest BCUT2D eigenvalue weighted by Gasteiger charge is -2.59. The lowest BCUT2D eigenvalue weighted by Crippen LogP contribution is -2.69. The number of thioether (sulfide) groups is 1. The van der Waals surface area contributed by atoms with Gasteiger partial charge in [0, 0.05) is 29.8 Å². The van der Waals surface area contributed by atoms with Crippen molar-refractivity contribution in [2.45, 2.75) is 50.5 Å². The van der Waals surface area contributed by atoms with E-state index in [1.165, 1.54) is 0 Å². The number of hydrogen-bond donors (Lipinski definition) is 3. The third-order valence-corrected chi connectivity index (χ3v) is 8.37. The second-order valence-electron chi connectivity index (χ2n) is 9.02. The minimum atomic E-state index is -0.724. The third kappa shape index (κ3) is 2.74. The van der Waals surface area contributed by atoms with Gasteiger partial charge in [-0.3, -0.25) is 9.59 Å². The highest BCUT2D eigenvalue weighted by atomic mass is 32.2. The lowest BCUT2D eigenvalue weighted by molar-refractivity contribution is -0.168. The number of rotatable bonds is 2. The highest BCUT2D eigenvalue weighted by Gasteiger charge is 2.62. The number of carbonyl (C=O) groups is 2. The largest absolute Gasteiger partial charge is 0.467 e. The van der Waals surface area contributed by atoms with Crippen molar-refractivity contribution in [3.63, 3.8) is 0 Å². The standard InChI is InChI=1S/C21H26N2O4S/c1-20-7-6-12(8-14(20)19(26)22-15-9-28-10-16(15)24)21(11-20)23-18(25)13-4-2-3-5-17(13)27-21/h2-5,12,14-16,24H,6-11H2,1H3,(H,22,26)(H,23,25)/t12-,14-,15-,16+,20-,21+/m1/s1. The number of nitrogens with one attached hydrogen (secondary N) is 2. The van der Waals surface area contributed by atoms with Crippen LogP contribution in [0.15, 0.2) is 24.3 Å². The van der Waals surface area contributed by atoms with E-state index in [1.807, 2.05) is 18.2 Å². The Labute approximate surface area is 168 Å². The predicted molar refractivity (Wildman–Crippen MR) is 106 cm³/mol. The topological polar surface area (TPSA) is 87.7 Å². The SMILES string of the molecule is C[C@]12CC[C@H](C[C@@H]1C(=O)N[C@@H]1CSC[C@@H]1O)[C@@]1(C2)NC(=O)c2ccccc2O1. The molecule has 6 rings (SSSR count). The summed E-state index contributed by atoms with van der Waals surface area (Å²) in [6.45, 7) is 2.14. The van der Waals surface area contributed by atoms with Gasteiger partial charge in [0.05, 0.1) is 17.7 Å². The van der Waals surface area contributed by atoms with Gasteiger partial charge in [0.1, 0.15) is 5.75 Å². The van der Waals surface area contributed by atoms with Crippen LogP contribution in [0.2, 0.25) is 0 Å². The number of hydrogen-bond acceptors (Lipinski definition) is 5. The summed E-state index contributed by atoms with van der Waals surface area (Å²) in [5, 5.41) is 16.3. The van der Waals surface area contributed by atoms with E-state index in [-0.39, 0.29) is 35.1 Å². The average molecular weight is 403 g/mol. The molecule has 1 aromatic rings. The van der Waals surface area contributed by atoms with Crippen LogP contribution in [0, 0.1) is 17.3 Å². The normalized spacial score (nSPS) is 41.3. The zero-order valence-electron chi connectivity index (χ0n) is 15.9. The van der Waals surface area contributed by atoms with Crippen molar-refractivity contribution in [1.29, 1.82) is 0 Å². The van der Waals surface area contributed by atoms with Crippen molar-refractivity contribution < 1.29 is 19.4 Å². The van der Waals surface area contributed by atoms with Crippen LogP contribution in [0.4, 0.5) is 0 Å². The Hall–Kier alpha value is -1.73. The Morgan fingerprint density at radius 2 is 2.18 bits per heavy atom. The molecule has 1 saturated heterocycles. The van der Waals surface area contributed by atoms with E-state index in [0.717, 1.165) is 18.6 Å². The predicted octanol–water partition coefficient (Wildman–Crippen LogP) is 1.92. The summed E-state index contributed by atoms with van der Waals surface area (Å²) >= 11 is 1.67. The van der Waals surface area contributed by atoms with Crippen molar-refractivity contribution in [3.8, 4) is 5.75 Å². The number of benzene rings is 1. The van der Waals surface area contributed by atoms with E-state index in [1.54, 1.807) is 17.8 Å². The van der Waals surface area contributed by atoms with Crippen LogP contribution in [0.25, 0.3) is 0 Å². The zero-order chi connectivity index (χ0) is 19.5. The van der Waals surface area contributed by atoms with Gasteiger partial charge in [-0.1, -0.05) is 19.1 Å². The first kappa shape index (κ1) is 18.3. The van der Waals surface area contributed by atoms with Crippen LogP contribution < -0.4 is 15.4 Å². The summed E-state index contributed by atoms with van der Waals surface area (Å²) < 4.78 is 6.40. The molecule has 7 heteroatoms. The maximum absolute atomic E-state index is 13.1. The second-order valence-corrected chi connectivity index (χ2v) is 10.1. The van der Waals surface area contributed by atoms with Crippen LogP contribution >= 0.6 is 11.8 Å². The molecule has 4 fully saturated rings. The first-order valence-electron chi connectivity index (χ1n) is 10.1. The molecule has 0 radical (unpaired) electrons. The molecule has 2 aliphatic heterocycles. The van der Waals surface area contributed by atoms with Gasteiger partial charge < -0.3 is 20.5 Å². The molecule has 2 bridgehead atoms. The second kappa shape index (κ2) is 6.39. The van der Waals surface area contributed by atoms with Gasteiger partial charge in [-0.05, 0) is 36.8 Å². The fourth-order valence-electron chi connectivity index (χ4n) is 5.62. The minimum absolute atomic E-state index is 0.0381. The molecular formula is C21H26N2O4S.